The number of halogens is 3. The van der Waals surface area contributed by atoms with E-state index in [1.165, 1.54) is 12.1 Å². The minimum absolute atomic E-state index is 0.151. The quantitative estimate of drug-likeness (QED) is 0.418. The molecule has 2 aromatic heterocycles. The molecule has 178 valence electrons. The van der Waals surface area contributed by atoms with Crippen LogP contribution in [0.4, 0.5) is 18.9 Å². The van der Waals surface area contributed by atoms with E-state index in [1.807, 2.05) is 18.2 Å². The first-order valence-electron chi connectivity index (χ1n) is 11.1. The Balaban J connectivity index is 1.28. The van der Waals surface area contributed by atoms with Crippen molar-refractivity contribution in [3.63, 3.8) is 0 Å². The highest BCUT2D eigenvalue weighted by atomic mass is 19.4. The molecule has 0 atom stereocenters. The van der Waals surface area contributed by atoms with Crippen molar-refractivity contribution in [1.82, 2.24) is 19.9 Å². The molecule has 0 fully saturated rings. The summed E-state index contributed by atoms with van der Waals surface area (Å²) in [6, 6.07) is 15.9. The molecule has 5 rings (SSSR count). The number of hydrogen-bond acceptors (Lipinski definition) is 5. The van der Waals surface area contributed by atoms with Crippen molar-refractivity contribution in [1.29, 1.82) is 0 Å². The number of alkyl halides is 3. The van der Waals surface area contributed by atoms with Gasteiger partial charge in [0.1, 0.15) is 5.82 Å². The molecule has 1 aliphatic rings. The predicted octanol–water partition coefficient (Wildman–Crippen LogP) is 4.66. The van der Waals surface area contributed by atoms with Crippen LogP contribution in [0.15, 0.2) is 71.7 Å². The van der Waals surface area contributed by atoms with Gasteiger partial charge in [-0.05, 0) is 48.0 Å². The third kappa shape index (κ3) is 4.95. The van der Waals surface area contributed by atoms with Crippen molar-refractivity contribution in [2.24, 2.45) is 0 Å². The number of aromatic amines is 1. The van der Waals surface area contributed by atoms with Crippen molar-refractivity contribution in [3.8, 4) is 22.6 Å². The van der Waals surface area contributed by atoms with Crippen LogP contribution in [-0.2, 0) is 25.7 Å². The van der Waals surface area contributed by atoms with Gasteiger partial charge in [0.15, 0.2) is 0 Å². The summed E-state index contributed by atoms with van der Waals surface area (Å²) < 4.78 is 38.3. The number of aromatic nitrogens is 3. The third-order valence-corrected chi connectivity index (χ3v) is 6.07. The zero-order valence-electron chi connectivity index (χ0n) is 18.6. The van der Waals surface area contributed by atoms with Crippen LogP contribution in [0, 0.1) is 0 Å². The highest BCUT2D eigenvalue weighted by molar-refractivity contribution is 5.60. The summed E-state index contributed by atoms with van der Waals surface area (Å²) in [7, 11) is 0. The van der Waals surface area contributed by atoms with E-state index in [0.29, 0.717) is 47.8 Å². The van der Waals surface area contributed by atoms with Crippen LogP contribution >= 0.6 is 0 Å². The number of nitrogens with zero attached hydrogens (tertiary/aromatic N) is 3. The van der Waals surface area contributed by atoms with Crippen molar-refractivity contribution in [3.05, 3.63) is 99.6 Å². The summed E-state index contributed by atoms with van der Waals surface area (Å²) >= 11 is 0. The molecule has 0 radical (unpaired) electrons. The largest absolute Gasteiger partial charge is 0.416 e. The summed E-state index contributed by atoms with van der Waals surface area (Å²) in [5.41, 5.74) is 9.98. The van der Waals surface area contributed by atoms with Crippen LogP contribution in [-0.4, -0.2) is 26.4 Å². The number of benzene rings is 2. The maximum atomic E-state index is 12.8. The molecule has 4 aromatic rings. The lowest BCUT2D eigenvalue weighted by Crippen LogP contribution is -2.35. The monoisotopic (exact) mass is 477 g/mol. The molecule has 3 N–H and O–H groups in total. The fourth-order valence-electron chi connectivity index (χ4n) is 4.17. The first kappa shape index (κ1) is 22.8. The summed E-state index contributed by atoms with van der Waals surface area (Å²) in [5.74, 6) is 0.533. The lowest BCUT2D eigenvalue weighted by Gasteiger charge is -2.27. The molecular weight excluding hydrogens is 455 g/mol. The van der Waals surface area contributed by atoms with Gasteiger partial charge in [0, 0.05) is 49.1 Å². The molecule has 0 spiro atoms. The average molecular weight is 477 g/mol. The van der Waals surface area contributed by atoms with Crippen LogP contribution in [0.25, 0.3) is 22.6 Å². The van der Waals surface area contributed by atoms with E-state index >= 15 is 0 Å². The summed E-state index contributed by atoms with van der Waals surface area (Å²) in [4.78, 5) is 26.9. The van der Waals surface area contributed by atoms with Gasteiger partial charge in [-0.25, -0.2) is 4.98 Å². The predicted molar refractivity (Wildman–Crippen MR) is 127 cm³/mol. The van der Waals surface area contributed by atoms with E-state index in [1.54, 1.807) is 24.4 Å². The first-order chi connectivity index (χ1) is 16.8. The summed E-state index contributed by atoms with van der Waals surface area (Å²) in [6.07, 6.45) is -1.99. The topological polar surface area (TPSA) is 87.9 Å². The zero-order valence-corrected chi connectivity index (χ0v) is 18.6. The van der Waals surface area contributed by atoms with E-state index in [-0.39, 0.29) is 5.56 Å². The van der Waals surface area contributed by atoms with E-state index in [2.05, 4.69) is 19.9 Å². The van der Waals surface area contributed by atoms with Crippen molar-refractivity contribution in [2.75, 3.05) is 12.3 Å². The third-order valence-electron chi connectivity index (χ3n) is 6.07. The number of nitrogen functional groups attached to an aromatic ring is 1. The Bertz CT molecular complexity index is 1400. The van der Waals surface area contributed by atoms with E-state index in [0.717, 1.165) is 35.5 Å². The molecule has 2 aromatic carbocycles. The molecule has 0 amide bonds. The molecule has 0 saturated heterocycles. The van der Waals surface area contributed by atoms with Crippen molar-refractivity contribution < 1.29 is 13.2 Å². The molecule has 0 aliphatic carbocycles. The van der Waals surface area contributed by atoms with Gasteiger partial charge in [-0.1, -0.05) is 18.2 Å². The van der Waals surface area contributed by atoms with Gasteiger partial charge < -0.3 is 10.7 Å². The van der Waals surface area contributed by atoms with Gasteiger partial charge in [-0.2, -0.15) is 13.2 Å². The van der Waals surface area contributed by atoms with Crippen molar-refractivity contribution in [2.45, 2.75) is 25.7 Å². The smallest absolute Gasteiger partial charge is 0.399 e. The minimum Gasteiger partial charge on any atom is -0.399 e. The van der Waals surface area contributed by atoms with Crippen LogP contribution in [0.3, 0.4) is 0 Å². The van der Waals surface area contributed by atoms with E-state index < -0.39 is 11.7 Å². The maximum Gasteiger partial charge on any atom is 0.416 e. The zero-order chi connectivity index (χ0) is 24.6. The second kappa shape index (κ2) is 8.99. The number of nitrogens with two attached hydrogens (primary N) is 1. The lowest BCUT2D eigenvalue weighted by atomic mass is 10.0. The fraction of sp³-hybridized carbons (Fsp3) is 0.192. The standard InChI is InChI=1S/C26H22F3N5O/c27-26(28,29)19-6-2-17(3-7-19)22-10-1-16(13-31-22)14-34-12-11-23-21(15-34)25(35)33-24(32-23)18-4-8-20(30)9-5-18/h1-10,13H,11-12,14-15,30H2,(H,32,33,35). The van der Waals surface area contributed by atoms with Gasteiger partial charge >= 0.3 is 6.18 Å². The molecule has 0 unspecified atom stereocenters. The van der Waals surface area contributed by atoms with Crippen LogP contribution < -0.4 is 11.3 Å². The Hall–Kier alpha value is -3.98. The normalized spacial score (nSPS) is 14.0. The van der Waals surface area contributed by atoms with Crippen molar-refractivity contribution >= 4 is 5.69 Å². The summed E-state index contributed by atoms with van der Waals surface area (Å²) in [6.45, 7) is 1.81. The molecule has 3 heterocycles. The maximum absolute atomic E-state index is 12.8. The second-order valence-corrected chi connectivity index (χ2v) is 8.55. The van der Waals surface area contributed by atoms with Crippen LogP contribution in [0.5, 0.6) is 0 Å². The van der Waals surface area contributed by atoms with E-state index in [4.69, 9.17) is 5.73 Å². The van der Waals surface area contributed by atoms with Gasteiger partial charge in [0.05, 0.1) is 22.5 Å². The number of anilines is 1. The Morgan fingerprint density at radius 1 is 0.971 bits per heavy atom. The Morgan fingerprint density at radius 2 is 1.69 bits per heavy atom. The second-order valence-electron chi connectivity index (χ2n) is 8.55. The number of fused-ring (bicyclic) bond motifs is 1. The van der Waals surface area contributed by atoms with E-state index in [9.17, 15) is 18.0 Å². The number of hydrogen-bond donors (Lipinski definition) is 2. The molecule has 35 heavy (non-hydrogen) atoms. The Labute approximate surface area is 199 Å². The minimum atomic E-state index is -4.36. The highest BCUT2D eigenvalue weighted by Gasteiger charge is 2.30. The number of H-pyrrole nitrogens is 1. The Morgan fingerprint density at radius 3 is 2.34 bits per heavy atom. The van der Waals surface area contributed by atoms with Gasteiger partial charge in [-0.3, -0.25) is 14.7 Å². The molecule has 6 nitrogen and oxygen atoms in total. The lowest BCUT2D eigenvalue weighted by molar-refractivity contribution is -0.137. The van der Waals surface area contributed by atoms with Gasteiger partial charge in [-0.15, -0.1) is 0 Å². The highest BCUT2D eigenvalue weighted by Crippen LogP contribution is 2.30. The number of nitrogens with one attached hydrogen (secondary N) is 1. The molecule has 0 bridgehead atoms. The molecule has 1 aliphatic heterocycles. The van der Waals surface area contributed by atoms with Gasteiger partial charge in [0.25, 0.3) is 5.56 Å². The van der Waals surface area contributed by atoms with Crippen LogP contribution in [0.2, 0.25) is 0 Å². The van der Waals surface area contributed by atoms with Gasteiger partial charge in [0.2, 0.25) is 0 Å². The molecule has 9 heteroatoms. The first-order valence-corrected chi connectivity index (χ1v) is 11.1. The Kier molecular flexibility index (Phi) is 5.86. The molecular formula is C26H22F3N5O. The number of pyridine rings is 1. The SMILES string of the molecule is Nc1ccc(-c2nc3c(c(=O)[nH]2)CN(Cc2ccc(-c4ccc(C(F)(F)F)cc4)nc2)CC3)cc1. The molecule has 0 saturated carbocycles. The number of rotatable bonds is 4. The van der Waals surface area contributed by atoms with Crippen LogP contribution in [0.1, 0.15) is 22.4 Å². The average Bonchev–Trinajstić information content (AvgIpc) is 2.85. The summed E-state index contributed by atoms with van der Waals surface area (Å²) in [5, 5.41) is 0. The fourth-order valence-corrected chi connectivity index (χ4v) is 4.17.